The van der Waals surface area contributed by atoms with Crippen LogP contribution in [0.25, 0.3) is 0 Å². The molecule has 3 aromatic rings. The number of para-hydroxylation sites is 1. The maximum atomic E-state index is 12.0. The molecule has 24 heavy (non-hydrogen) atoms. The third-order valence-electron chi connectivity index (χ3n) is 3.68. The van der Waals surface area contributed by atoms with Gasteiger partial charge < -0.3 is 14.5 Å². The summed E-state index contributed by atoms with van der Waals surface area (Å²) in [6.45, 7) is 4.30. The van der Waals surface area contributed by atoms with Gasteiger partial charge in [0.15, 0.2) is 0 Å². The minimum absolute atomic E-state index is 0.203. The van der Waals surface area contributed by atoms with E-state index >= 15 is 0 Å². The van der Waals surface area contributed by atoms with Crippen molar-refractivity contribution in [3.05, 3.63) is 77.4 Å². The molecule has 0 aliphatic rings. The molecule has 5 nitrogen and oxygen atoms in total. The number of amides is 1. The lowest BCUT2D eigenvalue weighted by molar-refractivity contribution is 0.0950. The number of aryl methyl sites for hydroxylation is 2. The number of ether oxygens (including phenoxy) is 1. The number of benzene rings is 1. The molecule has 0 spiro atoms. The van der Waals surface area contributed by atoms with Crippen LogP contribution in [0.3, 0.4) is 0 Å². The predicted octanol–water partition coefficient (Wildman–Crippen LogP) is 4.01. The standard InChI is InChI=1S/C19H18N2O3/c1-13-5-3-6-14(2)17(13)24-19-15(7-4-9-20-19)11-21-18(22)16-8-10-23-12-16/h3-10,12H,11H2,1-2H3,(H,21,22). The summed E-state index contributed by atoms with van der Waals surface area (Å²) in [5.41, 5.74) is 3.36. The van der Waals surface area contributed by atoms with Gasteiger partial charge in [0.1, 0.15) is 12.0 Å². The number of carbonyl (C=O) groups excluding carboxylic acids is 1. The largest absolute Gasteiger partial charge is 0.472 e. The van der Waals surface area contributed by atoms with Crippen LogP contribution in [0.2, 0.25) is 0 Å². The number of aromatic nitrogens is 1. The molecule has 2 heterocycles. The van der Waals surface area contributed by atoms with Gasteiger partial charge in [-0.2, -0.15) is 0 Å². The molecule has 0 saturated carbocycles. The van der Waals surface area contributed by atoms with Gasteiger partial charge >= 0.3 is 0 Å². The van der Waals surface area contributed by atoms with Crippen LogP contribution in [0.15, 0.2) is 59.5 Å². The van der Waals surface area contributed by atoms with Crippen molar-refractivity contribution in [2.24, 2.45) is 0 Å². The second-order valence-electron chi connectivity index (χ2n) is 5.49. The molecule has 1 aromatic carbocycles. The Morgan fingerprint density at radius 2 is 1.96 bits per heavy atom. The minimum atomic E-state index is -0.203. The second-order valence-corrected chi connectivity index (χ2v) is 5.49. The van der Waals surface area contributed by atoms with E-state index in [-0.39, 0.29) is 5.91 Å². The van der Waals surface area contributed by atoms with Crippen molar-refractivity contribution < 1.29 is 13.9 Å². The summed E-state index contributed by atoms with van der Waals surface area (Å²) < 4.78 is 10.9. The molecule has 1 N–H and O–H groups in total. The van der Waals surface area contributed by atoms with Gasteiger partial charge in [-0.3, -0.25) is 4.79 Å². The third-order valence-corrected chi connectivity index (χ3v) is 3.68. The highest BCUT2D eigenvalue weighted by Crippen LogP contribution is 2.29. The fraction of sp³-hybridized carbons (Fsp3) is 0.158. The van der Waals surface area contributed by atoms with Gasteiger partial charge in [-0.25, -0.2) is 4.98 Å². The Morgan fingerprint density at radius 3 is 2.67 bits per heavy atom. The zero-order valence-electron chi connectivity index (χ0n) is 13.6. The molecule has 1 amide bonds. The van der Waals surface area contributed by atoms with E-state index in [2.05, 4.69) is 10.3 Å². The number of nitrogens with one attached hydrogen (secondary N) is 1. The van der Waals surface area contributed by atoms with Crippen molar-refractivity contribution >= 4 is 5.91 Å². The van der Waals surface area contributed by atoms with Gasteiger partial charge in [0.25, 0.3) is 5.91 Å². The smallest absolute Gasteiger partial charge is 0.254 e. The Bertz CT molecular complexity index is 821. The molecule has 5 heteroatoms. The molecule has 0 radical (unpaired) electrons. The van der Waals surface area contributed by atoms with Crippen molar-refractivity contribution in [3.8, 4) is 11.6 Å². The minimum Gasteiger partial charge on any atom is -0.472 e. The molecule has 0 aliphatic heterocycles. The topological polar surface area (TPSA) is 64.4 Å². The Kier molecular flexibility index (Phi) is 4.61. The number of rotatable bonds is 5. The maximum Gasteiger partial charge on any atom is 0.254 e. The highest BCUT2D eigenvalue weighted by molar-refractivity contribution is 5.93. The molecule has 0 fully saturated rings. The highest BCUT2D eigenvalue weighted by Gasteiger charge is 2.12. The zero-order chi connectivity index (χ0) is 16.9. The van der Waals surface area contributed by atoms with Crippen molar-refractivity contribution in [2.75, 3.05) is 0 Å². The lowest BCUT2D eigenvalue weighted by Crippen LogP contribution is -2.22. The zero-order valence-corrected chi connectivity index (χ0v) is 13.6. The Morgan fingerprint density at radius 1 is 1.17 bits per heavy atom. The van der Waals surface area contributed by atoms with Crippen LogP contribution >= 0.6 is 0 Å². The Balaban J connectivity index is 1.77. The quantitative estimate of drug-likeness (QED) is 0.771. The second kappa shape index (κ2) is 7.00. The van der Waals surface area contributed by atoms with E-state index in [0.29, 0.717) is 18.0 Å². The average molecular weight is 322 g/mol. The summed E-state index contributed by atoms with van der Waals surface area (Å²) in [4.78, 5) is 16.3. The van der Waals surface area contributed by atoms with Crippen molar-refractivity contribution in [1.82, 2.24) is 10.3 Å². The first-order chi connectivity index (χ1) is 11.6. The number of nitrogens with zero attached hydrogens (tertiary/aromatic N) is 1. The van der Waals surface area contributed by atoms with E-state index in [1.165, 1.54) is 12.5 Å². The van der Waals surface area contributed by atoms with Crippen molar-refractivity contribution in [1.29, 1.82) is 0 Å². The van der Waals surface area contributed by atoms with E-state index in [9.17, 15) is 4.79 Å². The molecule has 0 saturated heterocycles. The number of pyridine rings is 1. The number of hydrogen-bond acceptors (Lipinski definition) is 4. The van der Waals surface area contributed by atoms with E-state index < -0.39 is 0 Å². The van der Waals surface area contributed by atoms with E-state index in [1.54, 1.807) is 12.3 Å². The summed E-state index contributed by atoms with van der Waals surface area (Å²) in [7, 11) is 0. The summed E-state index contributed by atoms with van der Waals surface area (Å²) in [5.74, 6) is 1.08. The van der Waals surface area contributed by atoms with Crippen LogP contribution in [-0.2, 0) is 6.54 Å². The molecule has 0 unspecified atom stereocenters. The third kappa shape index (κ3) is 3.46. The fourth-order valence-corrected chi connectivity index (χ4v) is 2.38. The maximum absolute atomic E-state index is 12.0. The Hall–Kier alpha value is -3.08. The number of furan rings is 1. The monoisotopic (exact) mass is 322 g/mol. The van der Waals surface area contributed by atoms with Gasteiger partial charge in [0, 0.05) is 18.3 Å². The van der Waals surface area contributed by atoms with Crippen LogP contribution in [0.1, 0.15) is 27.0 Å². The van der Waals surface area contributed by atoms with Crippen LogP contribution < -0.4 is 10.1 Å². The first kappa shape index (κ1) is 15.8. The molecule has 2 aromatic heterocycles. The molecule has 0 bridgehead atoms. The molecular formula is C19H18N2O3. The molecule has 122 valence electrons. The summed E-state index contributed by atoms with van der Waals surface area (Å²) in [6.07, 6.45) is 4.55. The van der Waals surface area contributed by atoms with Gasteiger partial charge in [-0.05, 0) is 37.1 Å². The van der Waals surface area contributed by atoms with Crippen LogP contribution in [-0.4, -0.2) is 10.9 Å². The van der Waals surface area contributed by atoms with Gasteiger partial charge in [-0.15, -0.1) is 0 Å². The normalized spacial score (nSPS) is 10.4. The summed E-state index contributed by atoms with van der Waals surface area (Å²) in [5, 5.41) is 2.84. The predicted molar refractivity (Wildman–Crippen MR) is 90.1 cm³/mol. The molecular weight excluding hydrogens is 304 g/mol. The molecule has 3 rings (SSSR count). The fourth-order valence-electron chi connectivity index (χ4n) is 2.38. The average Bonchev–Trinajstić information content (AvgIpc) is 3.12. The van der Waals surface area contributed by atoms with Gasteiger partial charge in [-0.1, -0.05) is 24.3 Å². The van der Waals surface area contributed by atoms with Crippen molar-refractivity contribution in [3.63, 3.8) is 0 Å². The van der Waals surface area contributed by atoms with Gasteiger partial charge in [0.05, 0.1) is 11.8 Å². The van der Waals surface area contributed by atoms with E-state index in [0.717, 1.165) is 22.4 Å². The Labute approximate surface area is 140 Å². The number of carbonyl (C=O) groups is 1. The van der Waals surface area contributed by atoms with E-state index in [4.69, 9.17) is 9.15 Å². The van der Waals surface area contributed by atoms with Crippen LogP contribution in [0, 0.1) is 13.8 Å². The van der Waals surface area contributed by atoms with Crippen molar-refractivity contribution in [2.45, 2.75) is 20.4 Å². The first-order valence-electron chi connectivity index (χ1n) is 7.63. The SMILES string of the molecule is Cc1cccc(C)c1Oc1ncccc1CNC(=O)c1ccoc1. The highest BCUT2D eigenvalue weighted by atomic mass is 16.5. The summed E-state index contributed by atoms with van der Waals surface area (Å²) >= 11 is 0. The van der Waals surface area contributed by atoms with E-state index in [1.807, 2.05) is 44.2 Å². The lowest BCUT2D eigenvalue weighted by Gasteiger charge is -2.14. The molecule has 0 aliphatic carbocycles. The van der Waals surface area contributed by atoms with Gasteiger partial charge in [0.2, 0.25) is 5.88 Å². The lowest BCUT2D eigenvalue weighted by atomic mass is 10.1. The molecule has 0 atom stereocenters. The first-order valence-corrected chi connectivity index (χ1v) is 7.63. The van der Waals surface area contributed by atoms with Crippen LogP contribution in [0.4, 0.5) is 0 Å². The summed E-state index contributed by atoms with van der Waals surface area (Å²) in [6, 6.07) is 11.3. The van der Waals surface area contributed by atoms with Crippen LogP contribution in [0.5, 0.6) is 11.6 Å². The number of hydrogen-bond donors (Lipinski definition) is 1.